The molecule has 24 heavy (non-hydrogen) atoms. The Bertz CT molecular complexity index is 608. The minimum atomic E-state index is 0.222. The molecule has 0 aliphatic carbocycles. The molecule has 1 aromatic heterocycles. The Kier molecular flexibility index (Phi) is 8.35. The number of hydrogen-bond donors (Lipinski definition) is 3. The van der Waals surface area contributed by atoms with Crippen molar-refractivity contribution in [3.05, 3.63) is 45.1 Å². The van der Waals surface area contributed by atoms with E-state index in [4.69, 9.17) is 26.2 Å². The van der Waals surface area contributed by atoms with Gasteiger partial charge in [0.25, 0.3) is 0 Å². The predicted octanol–water partition coefficient (Wildman–Crippen LogP) is 0.608. The highest BCUT2D eigenvalue weighted by Crippen LogP contribution is 2.37. The van der Waals surface area contributed by atoms with Crippen molar-refractivity contribution in [3.63, 3.8) is 0 Å². The molecule has 2 aromatic rings. The fourth-order valence-corrected chi connectivity index (χ4v) is 3.21. The van der Waals surface area contributed by atoms with Crippen LogP contribution in [-0.4, -0.2) is 38.5 Å². The smallest absolute Gasteiger partial charge is 0.180 e. The van der Waals surface area contributed by atoms with Crippen molar-refractivity contribution in [1.82, 2.24) is 0 Å². The van der Waals surface area contributed by atoms with Gasteiger partial charge in [0, 0.05) is 10.4 Å². The number of hydrogen-bond acceptors (Lipinski definition) is 4. The van der Waals surface area contributed by atoms with E-state index in [-0.39, 0.29) is 6.61 Å². The number of aliphatic hydroxyl groups excluding tert-OH is 1. The van der Waals surface area contributed by atoms with E-state index in [2.05, 4.69) is 10.6 Å². The van der Waals surface area contributed by atoms with E-state index in [1.54, 1.807) is 18.4 Å². The summed E-state index contributed by atoms with van der Waals surface area (Å²) in [5, 5.41) is 15.6. The van der Waals surface area contributed by atoms with Gasteiger partial charge in [-0.25, -0.2) is 0 Å². The second kappa shape index (κ2) is 10.5. The summed E-state index contributed by atoms with van der Waals surface area (Å²) in [5.41, 5.74) is 1.10. The van der Waals surface area contributed by atoms with E-state index in [9.17, 15) is 0 Å². The van der Waals surface area contributed by atoms with Gasteiger partial charge in [0.15, 0.2) is 11.5 Å². The van der Waals surface area contributed by atoms with Crippen LogP contribution in [0.15, 0.2) is 29.6 Å². The maximum absolute atomic E-state index is 8.74. The van der Waals surface area contributed by atoms with Crippen molar-refractivity contribution >= 4 is 22.9 Å². The molecule has 0 atom stereocenters. The fourth-order valence-electron chi connectivity index (χ4n) is 2.31. The maximum Gasteiger partial charge on any atom is 0.180 e. The molecule has 0 saturated carbocycles. The lowest BCUT2D eigenvalue weighted by atomic mass is 10.2. The maximum atomic E-state index is 8.74. The molecular formula is C17H25ClN2O3S+2. The number of halogens is 1. The topological polar surface area (TPSA) is 71.9 Å². The molecule has 1 heterocycles. The van der Waals surface area contributed by atoms with Crippen LogP contribution in [0.4, 0.5) is 0 Å². The van der Waals surface area contributed by atoms with Crippen molar-refractivity contribution in [2.24, 2.45) is 0 Å². The average molecular weight is 373 g/mol. The minimum absolute atomic E-state index is 0.222. The fraction of sp³-hybridized carbons (Fsp3) is 0.412. The summed E-state index contributed by atoms with van der Waals surface area (Å²) in [7, 11) is 1.63. The Morgan fingerprint density at radius 1 is 1.21 bits per heavy atom. The van der Waals surface area contributed by atoms with Crippen LogP contribution in [-0.2, 0) is 13.2 Å². The van der Waals surface area contributed by atoms with E-state index in [1.165, 1.54) is 0 Å². The number of aliphatic hydroxyl groups is 1. The van der Waals surface area contributed by atoms with Gasteiger partial charge in [-0.2, -0.15) is 0 Å². The highest BCUT2D eigenvalue weighted by molar-refractivity contribution is 7.09. The normalized spacial score (nSPS) is 10.8. The number of thiophene rings is 1. The molecule has 0 radical (unpaired) electrons. The van der Waals surface area contributed by atoms with E-state index in [0.29, 0.717) is 23.1 Å². The zero-order chi connectivity index (χ0) is 17.2. The molecule has 0 unspecified atom stereocenters. The van der Waals surface area contributed by atoms with Crippen LogP contribution < -0.4 is 20.1 Å². The van der Waals surface area contributed by atoms with Gasteiger partial charge in [-0.05, 0) is 23.6 Å². The molecule has 1 aromatic carbocycles. The van der Waals surface area contributed by atoms with Crippen LogP contribution >= 0.6 is 22.9 Å². The summed E-state index contributed by atoms with van der Waals surface area (Å²) in [5.74, 6) is 1.25. The van der Waals surface area contributed by atoms with Crippen LogP contribution in [0.3, 0.4) is 0 Å². The van der Waals surface area contributed by atoms with Gasteiger partial charge in [0.05, 0.1) is 25.3 Å². The first-order chi connectivity index (χ1) is 11.7. The molecule has 0 bridgehead atoms. The second-order valence-electron chi connectivity index (χ2n) is 5.35. The van der Waals surface area contributed by atoms with Crippen molar-refractivity contribution in [2.45, 2.75) is 13.2 Å². The van der Waals surface area contributed by atoms with Gasteiger partial charge >= 0.3 is 0 Å². The summed E-state index contributed by atoms with van der Waals surface area (Å²) < 4.78 is 11.3. The lowest BCUT2D eigenvalue weighted by molar-refractivity contribution is -0.731. The van der Waals surface area contributed by atoms with E-state index >= 15 is 0 Å². The molecule has 7 heteroatoms. The van der Waals surface area contributed by atoms with Gasteiger partial charge in [0.1, 0.15) is 26.2 Å². The molecule has 2 rings (SSSR count). The summed E-state index contributed by atoms with van der Waals surface area (Å²) in [6.07, 6.45) is 0. The molecular weight excluding hydrogens is 348 g/mol. The van der Waals surface area contributed by atoms with Crippen LogP contribution in [0.25, 0.3) is 0 Å². The first kappa shape index (κ1) is 19.0. The zero-order valence-electron chi connectivity index (χ0n) is 13.8. The molecule has 0 spiro atoms. The van der Waals surface area contributed by atoms with Crippen LogP contribution in [0, 0.1) is 0 Å². The third-order valence-corrected chi connectivity index (χ3v) is 4.65. The summed E-state index contributed by atoms with van der Waals surface area (Å²) in [4.78, 5) is 1.14. The Hall–Kier alpha value is -1.31. The quantitative estimate of drug-likeness (QED) is 0.506. The Morgan fingerprint density at radius 2 is 2.04 bits per heavy atom. The number of nitrogens with two attached hydrogens (primary N) is 2. The second-order valence-corrected chi connectivity index (χ2v) is 6.79. The number of methoxy groups -OCH3 is 1. The van der Waals surface area contributed by atoms with Crippen molar-refractivity contribution < 1.29 is 25.2 Å². The van der Waals surface area contributed by atoms with Gasteiger partial charge < -0.3 is 25.2 Å². The van der Waals surface area contributed by atoms with Gasteiger partial charge in [0.2, 0.25) is 0 Å². The molecule has 0 aliphatic rings. The summed E-state index contributed by atoms with van der Waals surface area (Å²) in [6.45, 7) is 4.25. The molecule has 0 saturated heterocycles. The lowest BCUT2D eigenvalue weighted by Gasteiger charge is -2.13. The molecule has 132 valence electrons. The zero-order valence-corrected chi connectivity index (χ0v) is 15.4. The standard InChI is InChI=1S/C17H23ClN2O3S/c1-22-16-10-13(11-20-5-4-19-6-7-21)9-15(18)17(16)23-12-14-3-2-8-24-14/h2-3,8-10,19-21H,4-7,11-12H2,1H3/p+2. The van der Waals surface area contributed by atoms with E-state index in [0.717, 1.165) is 36.6 Å². The van der Waals surface area contributed by atoms with Gasteiger partial charge in [-0.15, -0.1) is 11.3 Å². The number of benzene rings is 1. The highest BCUT2D eigenvalue weighted by Gasteiger charge is 2.13. The van der Waals surface area contributed by atoms with Crippen LogP contribution in [0.2, 0.25) is 5.02 Å². The van der Waals surface area contributed by atoms with Crippen LogP contribution in [0.5, 0.6) is 11.5 Å². The minimum Gasteiger partial charge on any atom is -0.493 e. The van der Waals surface area contributed by atoms with Gasteiger partial charge in [-0.1, -0.05) is 17.7 Å². The largest absolute Gasteiger partial charge is 0.493 e. The predicted molar refractivity (Wildman–Crippen MR) is 95.9 cm³/mol. The Labute approximate surface area is 151 Å². The average Bonchev–Trinajstić information content (AvgIpc) is 3.10. The van der Waals surface area contributed by atoms with E-state index < -0.39 is 0 Å². The third kappa shape index (κ3) is 5.96. The number of ether oxygens (including phenoxy) is 2. The van der Waals surface area contributed by atoms with E-state index in [1.807, 2.05) is 29.6 Å². The Balaban J connectivity index is 1.91. The molecule has 0 aliphatic heterocycles. The third-order valence-electron chi connectivity index (χ3n) is 3.52. The highest BCUT2D eigenvalue weighted by atomic mass is 35.5. The molecule has 0 amide bonds. The molecule has 0 fully saturated rings. The van der Waals surface area contributed by atoms with Crippen molar-refractivity contribution in [2.75, 3.05) is 33.4 Å². The van der Waals surface area contributed by atoms with Gasteiger partial charge in [-0.3, -0.25) is 0 Å². The first-order valence-electron chi connectivity index (χ1n) is 8.00. The lowest BCUT2D eigenvalue weighted by Crippen LogP contribution is -2.94. The SMILES string of the molecule is COc1cc(C[NH2+]CC[NH2+]CCO)cc(Cl)c1OCc1cccs1. The van der Waals surface area contributed by atoms with Crippen molar-refractivity contribution in [3.8, 4) is 11.5 Å². The van der Waals surface area contributed by atoms with Crippen molar-refractivity contribution in [1.29, 1.82) is 0 Å². The monoisotopic (exact) mass is 372 g/mol. The first-order valence-corrected chi connectivity index (χ1v) is 9.26. The summed E-state index contributed by atoms with van der Waals surface area (Å²) >= 11 is 8.04. The summed E-state index contributed by atoms with van der Waals surface area (Å²) in [6, 6.07) is 7.94. The number of rotatable bonds is 11. The molecule has 5 N–H and O–H groups in total. The Morgan fingerprint density at radius 3 is 2.75 bits per heavy atom. The number of quaternary nitrogens is 2. The van der Waals surface area contributed by atoms with Crippen LogP contribution in [0.1, 0.15) is 10.4 Å². The molecule has 5 nitrogen and oxygen atoms in total.